The van der Waals surface area contributed by atoms with E-state index in [1.165, 1.54) is 49.6 Å². The van der Waals surface area contributed by atoms with Crippen molar-refractivity contribution in [2.45, 2.75) is 37.8 Å². The summed E-state index contributed by atoms with van der Waals surface area (Å²) in [6, 6.07) is 13.6. The van der Waals surface area contributed by atoms with E-state index in [4.69, 9.17) is 14.2 Å². The van der Waals surface area contributed by atoms with Gasteiger partial charge in [0.05, 0.1) is 12.8 Å². The van der Waals surface area contributed by atoms with Gasteiger partial charge in [-0.05, 0) is 60.9 Å². The highest BCUT2D eigenvalue weighted by Crippen LogP contribution is 2.37. The zero-order chi connectivity index (χ0) is 26.6. The zero-order valence-corrected chi connectivity index (χ0v) is 21.0. The Morgan fingerprint density at radius 1 is 1.03 bits per heavy atom. The topological polar surface area (TPSA) is 97.3 Å². The number of fused-ring (bicyclic) bond motifs is 1. The van der Waals surface area contributed by atoms with Crippen molar-refractivity contribution < 1.29 is 33.3 Å². The minimum atomic E-state index is -1.26. The molecule has 5 rings (SSSR count). The third kappa shape index (κ3) is 5.09. The number of carbonyl (C=O) groups excluding carboxylic acids is 2. The van der Waals surface area contributed by atoms with Crippen molar-refractivity contribution in [3.8, 4) is 23.0 Å². The van der Waals surface area contributed by atoms with Gasteiger partial charge in [-0.25, -0.2) is 4.39 Å². The Balaban J connectivity index is 1.64. The average molecular weight is 521 g/mol. The molecule has 3 aromatic rings. The third-order valence-corrected chi connectivity index (χ3v) is 6.85. The van der Waals surface area contributed by atoms with Crippen LogP contribution in [0, 0.1) is 5.82 Å². The lowest BCUT2D eigenvalue weighted by atomic mass is 10.00. The summed E-state index contributed by atoms with van der Waals surface area (Å²) < 4.78 is 31.8. The molecular formula is C29H29FN2O6. The molecule has 1 atom stereocenters. The van der Waals surface area contributed by atoms with Crippen LogP contribution in [-0.2, 0) is 4.79 Å². The second kappa shape index (κ2) is 11.0. The first-order valence-corrected chi connectivity index (χ1v) is 12.6. The van der Waals surface area contributed by atoms with Gasteiger partial charge in [0.2, 0.25) is 5.91 Å². The number of aromatic hydroxyl groups is 1. The number of rotatable bonds is 7. The predicted molar refractivity (Wildman–Crippen MR) is 138 cm³/mol. The van der Waals surface area contributed by atoms with Gasteiger partial charge in [0.1, 0.15) is 25.1 Å². The fraction of sp³-hybridized carbons (Fsp3) is 0.310. The maximum atomic E-state index is 15.3. The summed E-state index contributed by atoms with van der Waals surface area (Å²) in [5, 5.41) is 13.2. The van der Waals surface area contributed by atoms with Crippen LogP contribution in [0.25, 0.3) is 0 Å². The van der Waals surface area contributed by atoms with Crippen LogP contribution in [0.4, 0.5) is 10.1 Å². The van der Waals surface area contributed by atoms with Crippen molar-refractivity contribution in [1.82, 2.24) is 5.32 Å². The Morgan fingerprint density at radius 3 is 2.50 bits per heavy atom. The highest BCUT2D eigenvalue weighted by molar-refractivity contribution is 6.10. The van der Waals surface area contributed by atoms with E-state index >= 15 is 4.39 Å². The molecule has 1 saturated carbocycles. The van der Waals surface area contributed by atoms with Crippen LogP contribution in [0.1, 0.15) is 47.6 Å². The van der Waals surface area contributed by atoms with Gasteiger partial charge in [-0.15, -0.1) is 0 Å². The van der Waals surface area contributed by atoms with E-state index in [1.54, 1.807) is 18.2 Å². The van der Waals surface area contributed by atoms with E-state index in [0.717, 1.165) is 30.6 Å². The Morgan fingerprint density at radius 2 is 1.76 bits per heavy atom. The second-order valence-electron chi connectivity index (χ2n) is 9.31. The van der Waals surface area contributed by atoms with Crippen LogP contribution >= 0.6 is 0 Å². The number of methoxy groups -OCH3 is 1. The molecule has 1 aliphatic carbocycles. The lowest BCUT2D eigenvalue weighted by molar-refractivity contribution is -0.123. The number of ether oxygens (including phenoxy) is 3. The molecule has 1 fully saturated rings. The first-order valence-electron chi connectivity index (χ1n) is 12.6. The smallest absolute Gasteiger partial charge is 0.259 e. The Kier molecular flexibility index (Phi) is 7.35. The first-order chi connectivity index (χ1) is 18.5. The van der Waals surface area contributed by atoms with Crippen molar-refractivity contribution in [3.63, 3.8) is 0 Å². The SMILES string of the molecule is COc1cc([C@@H](C(=O)NC2CCCC2)N(C(=O)c2ccc3c(c2)OCCO3)c2ccccc2F)ccc1O. The zero-order valence-electron chi connectivity index (χ0n) is 21.0. The molecule has 2 aliphatic rings. The number of phenols is 1. The number of carbonyl (C=O) groups is 2. The summed E-state index contributed by atoms with van der Waals surface area (Å²) in [4.78, 5) is 29.2. The number of hydrogen-bond acceptors (Lipinski definition) is 6. The molecule has 8 nitrogen and oxygen atoms in total. The molecule has 0 bridgehead atoms. The predicted octanol–water partition coefficient (Wildman–Crippen LogP) is 4.76. The molecule has 1 aliphatic heterocycles. The Labute approximate surface area is 219 Å². The number of amides is 2. The molecule has 0 aromatic heterocycles. The van der Waals surface area contributed by atoms with Crippen LogP contribution in [0.2, 0.25) is 0 Å². The molecule has 198 valence electrons. The first kappa shape index (κ1) is 25.4. The standard InChI is InChI=1S/C29H29FN2O6/c1-36-25-16-18(10-12-23(25)33)27(28(34)31-20-6-2-3-7-20)32(22-9-5-4-8-21(22)30)29(35)19-11-13-24-26(17-19)38-15-14-37-24/h4-5,8-13,16-17,20,27,33H,2-3,6-7,14-15H2,1H3,(H,31,34)/t27-/m0/s1. The molecule has 0 unspecified atom stereocenters. The second-order valence-corrected chi connectivity index (χ2v) is 9.31. The van der Waals surface area contributed by atoms with Crippen LogP contribution in [0.15, 0.2) is 60.7 Å². The van der Waals surface area contributed by atoms with Gasteiger partial charge in [-0.3, -0.25) is 14.5 Å². The number of para-hydroxylation sites is 1. The molecule has 38 heavy (non-hydrogen) atoms. The van der Waals surface area contributed by atoms with E-state index in [-0.39, 0.29) is 28.8 Å². The van der Waals surface area contributed by atoms with Crippen LogP contribution in [0.5, 0.6) is 23.0 Å². The van der Waals surface area contributed by atoms with Gasteiger partial charge in [0.15, 0.2) is 23.0 Å². The Hall–Kier alpha value is -4.27. The summed E-state index contributed by atoms with van der Waals surface area (Å²) >= 11 is 0. The molecule has 1 heterocycles. The lowest BCUT2D eigenvalue weighted by Crippen LogP contribution is -2.46. The van der Waals surface area contributed by atoms with E-state index in [9.17, 15) is 14.7 Å². The molecule has 2 N–H and O–H groups in total. The molecule has 3 aromatic carbocycles. The minimum Gasteiger partial charge on any atom is -0.504 e. The van der Waals surface area contributed by atoms with Crippen LogP contribution in [-0.4, -0.2) is 43.3 Å². The van der Waals surface area contributed by atoms with E-state index in [2.05, 4.69) is 5.32 Å². The van der Waals surface area contributed by atoms with Crippen molar-refractivity contribution in [2.24, 2.45) is 0 Å². The van der Waals surface area contributed by atoms with E-state index in [1.807, 2.05) is 0 Å². The van der Waals surface area contributed by atoms with Gasteiger partial charge in [0, 0.05) is 11.6 Å². The van der Waals surface area contributed by atoms with E-state index < -0.39 is 23.7 Å². The molecular weight excluding hydrogens is 491 g/mol. The van der Waals surface area contributed by atoms with Gasteiger partial charge in [0.25, 0.3) is 5.91 Å². The van der Waals surface area contributed by atoms with E-state index in [0.29, 0.717) is 30.3 Å². The number of hydrogen-bond donors (Lipinski definition) is 2. The highest BCUT2D eigenvalue weighted by atomic mass is 19.1. The summed E-state index contributed by atoms with van der Waals surface area (Å²) in [6.45, 7) is 0.731. The number of anilines is 1. The van der Waals surface area contributed by atoms with Gasteiger partial charge in [-0.1, -0.05) is 31.0 Å². The van der Waals surface area contributed by atoms with Crippen molar-refractivity contribution in [3.05, 3.63) is 77.6 Å². The molecule has 9 heteroatoms. The number of halogens is 1. The van der Waals surface area contributed by atoms with Crippen molar-refractivity contribution in [2.75, 3.05) is 25.2 Å². The van der Waals surface area contributed by atoms with Crippen molar-refractivity contribution in [1.29, 1.82) is 0 Å². The fourth-order valence-electron chi connectivity index (χ4n) is 4.96. The number of benzene rings is 3. The van der Waals surface area contributed by atoms with Gasteiger partial charge >= 0.3 is 0 Å². The number of nitrogens with zero attached hydrogens (tertiary/aromatic N) is 1. The largest absolute Gasteiger partial charge is 0.504 e. The van der Waals surface area contributed by atoms with Crippen LogP contribution in [0.3, 0.4) is 0 Å². The number of nitrogens with one attached hydrogen (secondary N) is 1. The summed E-state index contributed by atoms with van der Waals surface area (Å²) in [5.74, 6) is -0.826. The fourth-order valence-corrected chi connectivity index (χ4v) is 4.96. The summed E-state index contributed by atoms with van der Waals surface area (Å²) in [7, 11) is 1.39. The monoisotopic (exact) mass is 520 g/mol. The highest BCUT2D eigenvalue weighted by Gasteiger charge is 2.37. The molecule has 0 radical (unpaired) electrons. The minimum absolute atomic E-state index is 0.0455. The quantitative estimate of drug-likeness (QED) is 0.466. The maximum Gasteiger partial charge on any atom is 0.259 e. The van der Waals surface area contributed by atoms with Gasteiger partial charge in [-0.2, -0.15) is 0 Å². The molecule has 0 saturated heterocycles. The lowest BCUT2D eigenvalue weighted by Gasteiger charge is -2.33. The van der Waals surface area contributed by atoms with Crippen LogP contribution < -0.4 is 24.4 Å². The molecule has 0 spiro atoms. The average Bonchev–Trinajstić information content (AvgIpc) is 3.45. The Bertz CT molecular complexity index is 1340. The summed E-state index contributed by atoms with van der Waals surface area (Å²) in [5.41, 5.74) is 0.484. The third-order valence-electron chi connectivity index (χ3n) is 6.85. The van der Waals surface area contributed by atoms with Gasteiger partial charge < -0.3 is 24.6 Å². The summed E-state index contributed by atoms with van der Waals surface area (Å²) in [6.07, 6.45) is 3.64. The number of phenolic OH excluding ortho intramolecular Hbond substituents is 1. The maximum absolute atomic E-state index is 15.3. The normalized spacial score (nSPS) is 15.5. The molecule has 2 amide bonds. The van der Waals surface area contributed by atoms with Crippen molar-refractivity contribution >= 4 is 17.5 Å².